The smallest absolute Gasteiger partial charge is 0.0959 e. The largest absolute Gasteiger partial charge is 0.395 e. The second-order valence-corrected chi connectivity index (χ2v) is 7.64. The van der Waals surface area contributed by atoms with Crippen LogP contribution in [0, 0.1) is 0 Å². The van der Waals surface area contributed by atoms with Crippen molar-refractivity contribution in [3.63, 3.8) is 0 Å². The number of thiazole rings is 1. The zero-order chi connectivity index (χ0) is 15.6. The average Bonchev–Trinajstić information content (AvgIpc) is 3.34. The molecule has 1 heterocycles. The Balaban J connectivity index is 1.55. The van der Waals surface area contributed by atoms with Gasteiger partial charge in [0.1, 0.15) is 0 Å². The van der Waals surface area contributed by atoms with Crippen LogP contribution in [0.15, 0.2) is 29.6 Å². The van der Waals surface area contributed by atoms with E-state index in [2.05, 4.69) is 34.5 Å². The minimum atomic E-state index is 0.207. The van der Waals surface area contributed by atoms with Crippen molar-refractivity contribution < 1.29 is 5.11 Å². The molecule has 0 bridgehead atoms. The number of fused-ring (bicyclic) bond motifs is 1. The van der Waals surface area contributed by atoms with Gasteiger partial charge in [-0.25, -0.2) is 4.98 Å². The van der Waals surface area contributed by atoms with E-state index in [0.717, 1.165) is 19.0 Å². The van der Waals surface area contributed by atoms with Crippen molar-refractivity contribution in [3.05, 3.63) is 51.5 Å². The van der Waals surface area contributed by atoms with Crippen molar-refractivity contribution in [3.8, 4) is 0 Å². The Kier molecular flexibility index (Phi) is 4.47. The Morgan fingerprint density at radius 3 is 2.91 bits per heavy atom. The molecule has 2 aliphatic rings. The van der Waals surface area contributed by atoms with Gasteiger partial charge in [-0.15, -0.1) is 11.3 Å². The zero-order valence-electron chi connectivity index (χ0n) is 13.4. The van der Waals surface area contributed by atoms with Crippen LogP contribution in [0.25, 0.3) is 0 Å². The summed E-state index contributed by atoms with van der Waals surface area (Å²) in [4.78, 5) is 7.26. The summed E-state index contributed by atoms with van der Waals surface area (Å²) in [5.41, 5.74) is 4.10. The van der Waals surface area contributed by atoms with Crippen LogP contribution in [0.5, 0.6) is 0 Å². The molecular formula is C19H24N2OS. The summed E-state index contributed by atoms with van der Waals surface area (Å²) in [6.07, 6.45) is 6.21. The summed E-state index contributed by atoms with van der Waals surface area (Å²) >= 11 is 1.81. The van der Waals surface area contributed by atoms with Crippen molar-refractivity contribution in [2.45, 2.75) is 50.6 Å². The number of benzene rings is 1. The van der Waals surface area contributed by atoms with Crippen LogP contribution in [0.2, 0.25) is 0 Å². The number of aliphatic hydroxyl groups is 1. The second kappa shape index (κ2) is 6.71. The minimum absolute atomic E-state index is 0.207. The first kappa shape index (κ1) is 15.3. The molecule has 0 spiro atoms. The number of rotatable bonds is 6. The van der Waals surface area contributed by atoms with E-state index in [1.807, 2.05) is 11.3 Å². The van der Waals surface area contributed by atoms with Gasteiger partial charge in [0.05, 0.1) is 17.3 Å². The van der Waals surface area contributed by atoms with Crippen LogP contribution in [-0.2, 0) is 13.0 Å². The van der Waals surface area contributed by atoms with E-state index in [0.29, 0.717) is 6.04 Å². The molecule has 1 unspecified atom stereocenters. The number of aryl methyl sites for hydroxylation is 1. The van der Waals surface area contributed by atoms with Gasteiger partial charge in [-0.3, -0.25) is 4.90 Å². The van der Waals surface area contributed by atoms with E-state index in [-0.39, 0.29) is 6.61 Å². The molecule has 0 aliphatic heterocycles. The highest BCUT2D eigenvalue weighted by molar-refractivity contribution is 7.09. The summed E-state index contributed by atoms with van der Waals surface area (Å²) in [6.45, 7) is 1.77. The summed E-state index contributed by atoms with van der Waals surface area (Å²) in [7, 11) is 0. The van der Waals surface area contributed by atoms with E-state index in [1.165, 1.54) is 53.9 Å². The highest BCUT2D eigenvalue weighted by atomic mass is 32.1. The first-order valence-corrected chi connectivity index (χ1v) is 9.60. The molecule has 0 radical (unpaired) electrons. The third-order valence-electron chi connectivity index (χ3n) is 5.03. The molecule has 1 fully saturated rings. The van der Waals surface area contributed by atoms with Gasteiger partial charge in [0, 0.05) is 30.4 Å². The van der Waals surface area contributed by atoms with Gasteiger partial charge < -0.3 is 5.11 Å². The van der Waals surface area contributed by atoms with Gasteiger partial charge in [-0.05, 0) is 43.2 Å². The molecule has 2 aromatic rings. The summed E-state index contributed by atoms with van der Waals surface area (Å²) in [5, 5.41) is 13.1. The lowest BCUT2D eigenvalue weighted by Crippen LogP contribution is -2.33. The normalized spacial score (nSPS) is 20.7. The van der Waals surface area contributed by atoms with Crippen LogP contribution in [0.3, 0.4) is 0 Å². The van der Waals surface area contributed by atoms with Gasteiger partial charge >= 0.3 is 0 Å². The Bertz CT molecular complexity index is 665. The molecular weight excluding hydrogens is 304 g/mol. The van der Waals surface area contributed by atoms with Crippen LogP contribution < -0.4 is 0 Å². The topological polar surface area (TPSA) is 36.4 Å². The first-order chi connectivity index (χ1) is 11.3. The first-order valence-electron chi connectivity index (χ1n) is 8.72. The predicted octanol–water partition coefficient (Wildman–Crippen LogP) is 3.89. The third kappa shape index (κ3) is 3.35. The van der Waals surface area contributed by atoms with Gasteiger partial charge in [0.25, 0.3) is 0 Å². The number of aromatic nitrogens is 1. The van der Waals surface area contributed by atoms with Crippen LogP contribution in [0.1, 0.15) is 59.5 Å². The minimum Gasteiger partial charge on any atom is -0.395 e. The van der Waals surface area contributed by atoms with E-state index < -0.39 is 0 Å². The van der Waals surface area contributed by atoms with Crippen LogP contribution in [-0.4, -0.2) is 28.1 Å². The number of aliphatic hydroxyl groups excluding tert-OH is 1. The summed E-state index contributed by atoms with van der Waals surface area (Å²) < 4.78 is 0. The van der Waals surface area contributed by atoms with Crippen molar-refractivity contribution in [1.29, 1.82) is 0 Å². The fourth-order valence-electron chi connectivity index (χ4n) is 3.70. The Morgan fingerprint density at radius 2 is 2.09 bits per heavy atom. The SMILES string of the molecule is OCCN(Cc1csc(C2CC2)n1)C1CCCc2ccccc21. The fourth-order valence-corrected chi connectivity index (χ4v) is 4.68. The van der Waals surface area contributed by atoms with Gasteiger partial charge in [-0.1, -0.05) is 24.3 Å². The van der Waals surface area contributed by atoms with Crippen molar-refractivity contribution in [1.82, 2.24) is 9.88 Å². The summed E-state index contributed by atoms with van der Waals surface area (Å²) in [6, 6.07) is 9.22. The van der Waals surface area contributed by atoms with Gasteiger partial charge in [0.15, 0.2) is 0 Å². The van der Waals surface area contributed by atoms with Crippen LogP contribution in [0.4, 0.5) is 0 Å². The van der Waals surface area contributed by atoms with E-state index >= 15 is 0 Å². The quantitative estimate of drug-likeness (QED) is 0.874. The third-order valence-corrected chi connectivity index (χ3v) is 6.08. The molecule has 3 nitrogen and oxygen atoms in total. The van der Waals surface area contributed by atoms with Gasteiger partial charge in [0.2, 0.25) is 0 Å². The maximum atomic E-state index is 9.54. The maximum Gasteiger partial charge on any atom is 0.0959 e. The van der Waals surface area contributed by atoms with Crippen molar-refractivity contribution in [2.75, 3.05) is 13.2 Å². The Morgan fingerprint density at radius 1 is 1.22 bits per heavy atom. The molecule has 4 heteroatoms. The van der Waals surface area contributed by atoms with E-state index in [9.17, 15) is 5.11 Å². The molecule has 0 amide bonds. The lowest BCUT2D eigenvalue weighted by molar-refractivity contribution is 0.130. The summed E-state index contributed by atoms with van der Waals surface area (Å²) in [5.74, 6) is 0.732. The Labute approximate surface area is 142 Å². The zero-order valence-corrected chi connectivity index (χ0v) is 14.3. The van der Waals surface area contributed by atoms with Crippen molar-refractivity contribution >= 4 is 11.3 Å². The monoisotopic (exact) mass is 328 g/mol. The van der Waals surface area contributed by atoms with Crippen molar-refractivity contribution in [2.24, 2.45) is 0 Å². The predicted molar refractivity (Wildman–Crippen MR) is 93.7 cm³/mol. The number of hydrogen-bond acceptors (Lipinski definition) is 4. The molecule has 1 saturated carbocycles. The fraction of sp³-hybridized carbons (Fsp3) is 0.526. The molecule has 0 saturated heterocycles. The molecule has 122 valence electrons. The molecule has 23 heavy (non-hydrogen) atoms. The average molecular weight is 328 g/mol. The molecule has 4 rings (SSSR count). The van der Waals surface area contributed by atoms with E-state index in [4.69, 9.17) is 4.98 Å². The second-order valence-electron chi connectivity index (χ2n) is 6.75. The van der Waals surface area contributed by atoms with Crippen LogP contribution >= 0.6 is 11.3 Å². The maximum absolute atomic E-state index is 9.54. The number of nitrogens with zero attached hydrogens (tertiary/aromatic N) is 2. The lowest BCUT2D eigenvalue weighted by atomic mass is 9.86. The Hall–Kier alpha value is -1.23. The molecule has 1 atom stereocenters. The standard InChI is InChI=1S/C19H24N2OS/c22-11-10-21(12-16-13-23-19(20-16)15-8-9-15)18-7-3-5-14-4-1-2-6-17(14)18/h1-2,4,6,13,15,18,22H,3,5,7-12H2. The highest BCUT2D eigenvalue weighted by Crippen LogP contribution is 2.42. The molecule has 1 aromatic carbocycles. The van der Waals surface area contributed by atoms with E-state index in [1.54, 1.807) is 0 Å². The molecule has 1 N–H and O–H groups in total. The molecule has 2 aliphatic carbocycles. The lowest BCUT2D eigenvalue weighted by Gasteiger charge is -2.35. The number of hydrogen-bond donors (Lipinski definition) is 1. The van der Waals surface area contributed by atoms with Gasteiger partial charge in [-0.2, -0.15) is 0 Å². The molecule has 1 aromatic heterocycles. The highest BCUT2D eigenvalue weighted by Gasteiger charge is 2.28.